The van der Waals surface area contributed by atoms with Crippen LogP contribution in [0.15, 0.2) is 24.3 Å². The zero-order valence-electron chi connectivity index (χ0n) is 11.2. The number of benzene rings is 1. The SMILES string of the molecule is Cc1nn(-c2cccc(Cl)c2)nc1C(=O)N(C)CCO. The molecule has 0 fully saturated rings. The molecule has 0 atom stereocenters. The van der Waals surface area contributed by atoms with Gasteiger partial charge in [-0.1, -0.05) is 17.7 Å². The molecule has 0 aliphatic rings. The first-order valence-electron chi connectivity index (χ1n) is 6.09. The molecule has 0 aliphatic heterocycles. The average molecular weight is 295 g/mol. The lowest BCUT2D eigenvalue weighted by Crippen LogP contribution is -2.30. The number of likely N-dealkylation sites (N-methyl/N-ethyl adjacent to an activating group) is 1. The van der Waals surface area contributed by atoms with Crippen LogP contribution in [0.2, 0.25) is 5.02 Å². The third kappa shape index (κ3) is 2.97. The normalized spacial score (nSPS) is 10.6. The van der Waals surface area contributed by atoms with Crippen molar-refractivity contribution in [3.8, 4) is 5.69 Å². The minimum atomic E-state index is -0.273. The van der Waals surface area contributed by atoms with E-state index >= 15 is 0 Å². The highest BCUT2D eigenvalue weighted by molar-refractivity contribution is 6.30. The van der Waals surface area contributed by atoms with E-state index in [4.69, 9.17) is 16.7 Å². The third-order valence-corrected chi connectivity index (χ3v) is 3.04. The molecule has 0 aliphatic carbocycles. The van der Waals surface area contributed by atoms with E-state index in [2.05, 4.69) is 10.2 Å². The maximum Gasteiger partial charge on any atom is 0.276 e. The lowest BCUT2D eigenvalue weighted by atomic mass is 10.3. The minimum absolute atomic E-state index is 0.0935. The number of nitrogens with zero attached hydrogens (tertiary/aromatic N) is 4. The Balaban J connectivity index is 2.32. The summed E-state index contributed by atoms with van der Waals surface area (Å²) in [4.78, 5) is 14.9. The number of amides is 1. The topological polar surface area (TPSA) is 71.2 Å². The third-order valence-electron chi connectivity index (χ3n) is 2.81. The zero-order valence-corrected chi connectivity index (χ0v) is 12.0. The minimum Gasteiger partial charge on any atom is -0.395 e. The molecule has 0 saturated heterocycles. The van der Waals surface area contributed by atoms with E-state index in [9.17, 15) is 4.79 Å². The van der Waals surface area contributed by atoms with Gasteiger partial charge in [0.25, 0.3) is 5.91 Å². The summed E-state index contributed by atoms with van der Waals surface area (Å²) in [5.41, 5.74) is 1.48. The largest absolute Gasteiger partial charge is 0.395 e. The van der Waals surface area contributed by atoms with Crippen LogP contribution in [0.25, 0.3) is 5.69 Å². The van der Waals surface area contributed by atoms with Crippen LogP contribution in [0.4, 0.5) is 0 Å². The van der Waals surface area contributed by atoms with Gasteiger partial charge in [0.2, 0.25) is 0 Å². The Bertz CT molecular complexity index is 627. The molecule has 2 rings (SSSR count). The van der Waals surface area contributed by atoms with Crippen LogP contribution in [0, 0.1) is 6.92 Å². The number of aliphatic hydroxyl groups excluding tert-OH is 1. The molecule has 0 spiro atoms. The Morgan fingerprint density at radius 3 is 2.85 bits per heavy atom. The second kappa shape index (κ2) is 6.02. The van der Waals surface area contributed by atoms with Gasteiger partial charge in [-0.3, -0.25) is 4.79 Å². The average Bonchev–Trinajstić information content (AvgIpc) is 2.80. The first kappa shape index (κ1) is 14.5. The van der Waals surface area contributed by atoms with Crippen molar-refractivity contribution in [1.82, 2.24) is 19.9 Å². The fourth-order valence-electron chi connectivity index (χ4n) is 1.72. The summed E-state index contributed by atoms with van der Waals surface area (Å²) in [7, 11) is 1.61. The Morgan fingerprint density at radius 1 is 1.45 bits per heavy atom. The molecule has 1 aromatic carbocycles. The first-order valence-corrected chi connectivity index (χ1v) is 6.47. The molecule has 1 N–H and O–H groups in total. The summed E-state index contributed by atoms with van der Waals surface area (Å²) in [5.74, 6) is -0.273. The van der Waals surface area contributed by atoms with Gasteiger partial charge in [-0.05, 0) is 25.1 Å². The van der Waals surface area contributed by atoms with E-state index in [0.717, 1.165) is 0 Å². The van der Waals surface area contributed by atoms with E-state index < -0.39 is 0 Å². The molecular weight excluding hydrogens is 280 g/mol. The number of aliphatic hydroxyl groups is 1. The van der Waals surface area contributed by atoms with Crippen LogP contribution in [-0.4, -0.2) is 51.1 Å². The van der Waals surface area contributed by atoms with Gasteiger partial charge in [0, 0.05) is 18.6 Å². The zero-order chi connectivity index (χ0) is 14.7. The number of aryl methyl sites for hydroxylation is 1. The highest BCUT2D eigenvalue weighted by Gasteiger charge is 2.19. The molecule has 106 valence electrons. The van der Waals surface area contributed by atoms with Crippen LogP contribution in [0.5, 0.6) is 0 Å². The molecule has 2 aromatic rings. The molecule has 0 unspecified atom stereocenters. The van der Waals surface area contributed by atoms with Crippen LogP contribution >= 0.6 is 11.6 Å². The highest BCUT2D eigenvalue weighted by atomic mass is 35.5. The maximum absolute atomic E-state index is 12.1. The van der Waals surface area contributed by atoms with Crippen molar-refractivity contribution in [2.45, 2.75) is 6.92 Å². The molecule has 1 aromatic heterocycles. The summed E-state index contributed by atoms with van der Waals surface area (Å²) >= 11 is 5.92. The van der Waals surface area contributed by atoms with Crippen molar-refractivity contribution in [2.75, 3.05) is 20.2 Å². The van der Waals surface area contributed by atoms with Crippen LogP contribution in [0.1, 0.15) is 16.2 Å². The van der Waals surface area contributed by atoms with E-state index in [1.807, 2.05) is 0 Å². The summed E-state index contributed by atoms with van der Waals surface area (Å²) in [6, 6.07) is 7.06. The van der Waals surface area contributed by atoms with Gasteiger partial charge in [-0.15, -0.1) is 5.10 Å². The Hall–Kier alpha value is -1.92. The molecule has 1 amide bonds. The van der Waals surface area contributed by atoms with E-state index in [1.54, 1.807) is 38.2 Å². The van der Waals surface area contributed by atoms with Crippen molar-refractivity contribution < 1.29 is 9.90 Å². The predicted molar refractivity (Wildman–Crippen MR) is 75.2 cm³/mol. The highest BCUT2D eigenvalue weighted by Crippen LogP contribution is 2.15. The smallest absolute Gasteiger partial charge is 0.276 e. The van der Waals surface area contributed by atoms with Crippen LogP contribution in [0.3, 0.4) is 0 Å². The van der Waals surface area contributed by atoms with Gasteiger partial charge in [-0.2, -0.15) is 9.90 Å². The monoisotopic (exact) mass is 294 g/mol. The van der Waals surface area contributed by atoms with E-state index in [0.29, 0.717) is 16.4 Å². The van der Waals surface area contributed by atoms with Crippen LogP contribution in [-0.2, 0) is 0 Å². The number of hydrogen-bond acceptors (Lipinski definition) is 4. The fourth-order valence-corrected chi connectivity index (χ4v) is 1.91. The van der Waals surface area contributed by atoms with Gasteiger partial charge in [0.05, 0.1) is 18.0 Å². The van der Waals surface area contributed by atoms with Crippen molar-refractivity contribution in [2.24, 2.45) is 0 Å². The second-order valence-electron chi connectivity index (χ2n) is 4.35. The molecule has 6 nitrogen and oxygen atoms in total. The summed E-state index contributed by atoms with van der Waals surface area (Å²) in [6.07, 6.45) is 0. The Labute approximate surface area is 121 Å². The maximum atomic E-state index is 12.1. The molecule has 0 radical (unpaired) electrons. The number of rotatable bonds is 4. The number of carbonyl (C=O) groups is 1. The quantitative estimate of drug-likeness (QED) is 0.922. The van der Waals surface area contributed by atoms with Crippen molar-refractivity contribution in [3.05, 3.63) is 40.7 Å². The van der Waals surface area contributed by atoms with Crippen molar-refractivity contribution in [1.29, 1.82) is 0 Å². The van der Waals surface area contributed by atoms with Crippen molar-refractivity contribution >= 4 is 17.5 Å². The lowest BCUT2D eigenvalue weighted by Gasteiger charge is -2.13. The number of carbonyl (C=O) groups excluding carboxylic acids is 1. The summed E-state index contributed by atoms with van der Waals surface area (Å²) in [5, 5.41) is 17.9. The summed E-state index contributed by atoms with van der Waals surface area (Å²) in [6.45, 7) is 1.88. The Morgan fingerprint density at radius 2 is 2.20 bits per heavy atom. The van der Waals surface area contributed by atoms with Crippen molar-refractivity contribution in [3.63, 3.8) is 0 Å². The van der Waals surface area contributed by atoms with E-state index in [1.165, 1.54) is 9.70 Å². The molecule has 20 heavy (non-hydrogen) atoms. The van der Waals surface area contributed by atoms with E-state index in [-0.39, 0.29) is 24.8 Å². The molecule has 0 bridgehead atoms. The fraction of sp³-hybridized carbons (Fsp3) is 0.308. The Kier molecular flexibility index (Phi) is 4.36. The van der Waals surface area contributed by atoms with Gasteiger partial charge in [0.1, 0.15) is 0 Å². The predicted octanol–water partition coefficient (Wildman–Crippen LogP) is 1.29. The standard InChI is InChI=1S/C13H15ClN4O2/c1-9-12(13(20)17(2)6-7-19)16-18(15-9)11-5-3-4-10(14)8-11/h3-5,8,19H,6-7H2,1-2H3. The number of hydrogen-bond donors (Lipinski definition) is 1. The molecule has 1 heterocycles. The molecule has 0 saturated carbocycles. The van der Waals surface area contributed by atoms with Crippen LogP contribution < -0.4 is 0 Å². The van der Waals surface area contributed by atoms with Gasteiger partial charge < -0.3 is 10.0 Å². The van der Waals surface area contributed by atoms with Gasteiger partial charge in [0.15, 0.2) is 5.69 Å². The lowest BCUT2D eigenvalue weighted by molar-refractivity contribution is 0.0760. The molecule has 7 heteroatoms. The second-order valence-corrected chi connectivity index (χ2v) is 4.79. The van der Waals surface area contributed by atoms with Gasteiger partial charge >= 0.3 is 0 Å². The first-order chi connectivity index (χ1) is 9.52. The molecular formula is C13H15ClN4O2. The number of aromatic nitrogens is 3. The number of halogens is 1. The summed E-state index contributed by atoms with van der Waals surface area (Å²) < 4.78 is 0. The van der Waals surface area contributed by atoms with Gasteiger partial charge in [-0.25, -0.2) is 0 Å².